The van der Waals surface area contributed by atoms with Crippen molar-refractivity contribution in [1.82, 2.24) is 20.5 Å². The van der Waals surface area contributed by atoms with Gasteiger partial charge in [-0.3, -0.25) is 10.1 Å². The molecule has 1 fully saturated rings. The Morgan fingerprint density at radius 1 is 1.60 bits per heavy atom. The van der Waals surface area contributed by atoms with Crippen LogP contribution in [0.5, 0.6) is 0 Å². The van der Waals surface area contributed by atoms with Gasteiger partial charge < -0.3 is 5.32 Å². The largest absolute Gasteiger partial charge is 0.304 e. The molecule has 2 heterocycles. The van der Waals surface area contributed by atoms with Gasteiger partial charge in [-0.1, -0.05) is 0 Å². The summed E-state index contributed by atoms with van der Waals surface area (Å²) >= 11 is 1.76. The molecule has 0 radical (unpaired) electrons. The highest BCUT2D eigenvalue weighted by atomic mass is 32.2. The van der Waals surface area contributed by atoms with Gasteiger partial charge in [0.2, 0.25) is 11.9 Å². The lowest BCUT2D eigenvalue weighted by molar-refractivity contribution is -0.117. The summed E-state index contributed by atoms with van der Waals surface area (Å²) < 4.78 is 0. The molecule has 1 aliphatic rings. The maximum absolute atomic E-state index is 11.7. The van der Waals surface area contributed by atoms with Crippen LogP contribution in [0.2, 0.25) is 0 Å². The number of hydrogen-bond acceptors (Lipinski definition) is 6. The van der Waals surface area contributed by atoms with Gasteiger partial charge in [0.15, 0.2) is 0 Å². The van der Waals surface area contributed by atoms with E-state index in [-0.39, 0.29) is 17.9 Å². The number of nitrogens with one attached hydrogen (secondary N) is 2. The molecule has 0 aromatic carbocycles. The maximum atomic E-state index is 11.7. The van der Waals surface area contributed by atoms with Crippen molar-refractivity contribution in [3.05, 3.63) is 12.4 Å². The third-order valence-corrected chi connectivity index (χ3v) is 3.02. The highest BCUT2D eigenvalue weighted by Gasteiger charge is 2.21. The second-order valence-electron chi connectivity index (χ2n) is 3.04. The second kappa shape index (κ2) is 5.04. The minimum Gasteiger partial charge on any atom is -0.304 e. The highest BCUT2D eigenvalue weighted by molar-refractivity contribution is 7.99. The number of aromatic nitrogens is 3. The summed E-state index contributed by atoms with van der Waals surface area (Å²) in [6, 6.07) is -0.160. The van der Waals surface area contributed by atoms with Crippen LogP contribution in [0.1, 0.15) is 0 Å². The number of amides is 1. The van der Waals surface area contributed by atoms with Gasteiger partial charge in [0.05, 0.1) is 18.4 Å². The van der Waals surface area contributed by atoms with E-state index < -0.39 is 0 Å². The van der Waals surface area contributed by atoms with E-state index in [9.17, 15) is 4.79 Å². The first-order chi connectivity index (χ1) is 7.36. The molecule has 6 nitrogen and oxygen atoms in total. The summed E-state index contributed by atoms with van der Waals surface area (Å²) in [7, 11) is 0. The zero-order valence-electron chi connectivity index (χ0n) is 8.01. The molecule has 0 saturated carbocycles. The Labute approximate surface area is 91.3 Å². The second-order valence-corrected chi connectivity index (χ2v) is 4.19. The lowest BCUT2D eigenvalue weighted by Crippen LogP contribution is -2.46. The molecule has 15 heavy (non-hydrogen) atoms. The van der Waals surface area contributed by atoms with Crippen LogP contribution >= 0.6 is 11.8 Å². The van der Waals surface area contributed by atoms with Gasteiger partial charge in [-0.2, -0.15) is 16.9 Å². The standard InChI is InChI=1S/C8H11N5OS/c14-7(6-5-15-4-3-9-6)12-8-10-1-2-11-13-8/h1-2,6,9H,3-5H2,(H,10,12,13,14). The van der Waals surface area contributed by atoms with Crippen molar-refractivity contribution < 1.29 is 4.79 Å². The van der Waals surface area contributed by atoms with Crippen LogP contribution < -0.4 is 10.6 Å². The zero-order chi connectivity index (χ0) is 10.5. The molecular formula is C8H11N5OS. The molecular weight excluding hydrogens is 214 g/mol. The van der Waals surface area contributed by atoms with Crippen molar-refractivity contribution in [1.29, 1.82) is 0 Å². The fourth-order valence-corrected chi connectivity index (χ4v) is 2.17. The number of anilines is 1. The summed E-state index contributed by atoms with van der Waals surface area (Å²) in [6.45, 7) is 0.858. The zero-order valence-corrected chi connectivity index (χ0v) is 8.83. The van der Waals surface area contributed by atoms with E-state index >= 15 is 0 Å². The molecule has 1 aromatic heterocycles. The minimum atomic E-state index is -0.160. The first-order valence-electron chi connectivity index (χ1n) is 4.62. The first kappa shape index (κ1) is 10.3. The van der Waals surface area contributed by atoms with Gasteiger partial charge >= 0.3 is 0 Å². The molecule has 2 rings (SSSR count). The van der Waals surface area contributed by atoms with E-state index in [1.807, 2.05) is 0 Å². The molecule has 0 aliphatic carbocycles. The van der Waals surface area contributed by atoms with Crippen LogP contribution in [0, 0.1) is 0 Å². The number of carbonyl (C=O) groups excluding carboxylic acids is 1. The molecule has 1 aromatic rings. The molecule has 1 aliphatic heterocycles. The van der Waals surface area contributed by atoms with Crippen LogP contribution in [0.15, 0.2) is 12.4 Å². The quantitative estimate of drug-likeness (QED) is 0.707. The number of thioether (sulfide) groups is 1. The lowest BCUT2D eigenvalue weighted by Gasteiger charge is -2.21. The Hall–Kier alpha value is -1.21. The van der Waals surface area contributed by atoms with Gasteiger partial charge in [0.25, 0.3) is 0 Å². The van der Waals surface area contributed by atoms with Crippen molar-refractivity contribution in [2.24, 2.45) is 0 Å². The van der Waals surface area contributed by atoms with Crippen molar-refractivity contribution in [3.8, 4) is 0 Å². The monoisotopic (exact) mass is 225 g/mol. The van der Waals surface area contributed by atoms with Crippen LogP contribution in [-0.2, 0) is 4.79 Å². The first-order valence-corrected chi connectivity index (χ1v) is 5.77. The Bertz CT molecular complexity index is 327. The van der Waals surface area contributed by atoms with E-state index in [1.165, 1.54) is 12.4 Å². The summed E-state index contributed by atoms with van der Waals surface area (Å²) in [4.78, 5) is 15.5. The van der Waals surface area contributed by atoms with Gasteiger partial charge in [-0.25, -0.2) is 4.98 Å². The number of rotatable bonds is 2. The molecule has 1 saturated heterocycles. The maximum Gasteiger partial charge on any atom is 0.249 e. The summed E-state index contributed by atoms with van der Waals surface area (Å²) in [6.07, 6.45) is 2.95. The fraction of sp³-hybridized carbons (Fsp3) is 0.500. The lowest BCUT2D eigenvalue weighted by atomic mass is 10.3. The predicted octanol–water partition coefficient (Wildman–Crippen LogP) is -0.485. The Balaban J connectivity index is 1.91. The van der Waals surface area contributed by atoms with E-state index in [4.69, 9.17) is 0 Å². The average molecular weight is 225 g/mol. The van der Waals surface area contributed by atoms with Gasteiger partial charge in [-0.05, 0) is 0 Å². The van der Waals surface area contributed by atoms with Crippen LogP contribution in [-0.4, -0.2) is 45.2 Å². The van der Waals surface area contributed by atoms with E-state index in [0.717, 1.165) is 18.1 Å². The Morgan fingerprint density at radius 2 is 2.53 bits per heavy atom. The fourth-order valence-electron chi connectivity index (χ4n) is 1.24. The molecule has 7 heteroatoms. The van der Waals surface area contributed by atoms with Crippen LogP contribution in [0.25, 0.3) is 0 Å². The number of hydrogen-bond donors (Lipinski definition) is 2. The van der Waals surface area contributed by atoms with Gasteiger partial charge in [-0.15, -0.1) is 5.10 Å². The molecule has 80 valence electrons. The summed E-state index contributed by atoms with van der Waals surface area (Å²) in [5.74, 6) is 1.98. The van der Waals surface area contributed by atoms with E-state index in [0.29, 0.717) is 0 Å². The topological polar surface area (TPSA) is 79.8 Å². The smallest absolute Gasteiger partial charge is 0.249 e. The molecule has 2 N–H and O–H groups in total. The third-order valence-electron chi connectivity index (χ3n) is 1.96. The normalized spacial score (nSPS) is 20.9. The van der Waals surface area contributed by atoms with Crippen molar-refractivity contribution in [3.63, 3.8) is 0 Å². The molecule has 0 spiro atoms. The number of nitrogens with zero attached hydrogens (tertiary/aromatic N) is 3. The van der Waals surface area contributed by atoms with Crippen molar-refractivity contribution in [2.75, 3.05) is 23.4 Å². The van der Waals surface area contributed by atoms with Crippen LogP contribution in [0.3, 0.4) is 0 Å². The SMILES string of the molecule is O=C(Nc1nccnn1)C1CSCCN1. The van der Waals surface area contributed by atoms with E-state index in [2.05, 4.69) is 25.8 Å². The minimum absolute atomic E-state index is 0.102. The molecule has 1 atom stereocenters. The molecule has 1 unspecified atom stereocenters. The molecule has 0 bridgehead atoms. The Kier molecular flexibility index (Phi) is 3.46. The average Bonchev–Trinajstić information content (AvgIpc) is 2.31. The predicted molar refractivity (Wildman–Crippen MR) is 57.6 cm³/mol. The van der Waals surface area contributed by atoms with Crippen LogP contribution in [0.4, 0.5) is 5.95 Å². The number of carbonyl (C=O) groups is 1. The summed E-state index contributed by atoms with van der Waals surface area (Å²) in [5.41, 5.74) is 0. The molecule has 1 amide bonds. The van der Waals surface area contributed by atoms with Crippen molar-refractivity contribution >= 4 is 23.6 Å². The highest BCUT2D eigenvalue weighted by Crippen LogP contribution is 2.08. The van der Waals surface area contributed by atoms with Gasteiger partial charge in [0, 0.05) is 18.1 Å². The van der Waals surface area contributed by atoms with Gasteiger partial charge in [0.1, 0.15) is 0 Å². The van der Waals surface area contributed by atoms with Crippen molar-refractivity contribution in [2.45, 2.75) is 6.04 Å². The Morgan fingerprint density at radius 3 is 3.20 bits per heavy atom. The van der Waals surface area contributed by atoms with E-state index in [1.54, 1.807) is 11.8 Å². The summed E-state index contributed by atoms with van der Waals surface area (Å²) in [5, 5.41) is 13.1. The third kappa shape index (κ3) is 2.87.